The van der Waals surface area contributed by atoms with Crippen LogP contribution in [0.1, 0.15) is 50.1 Å². The molecule has 1 atom stereocenters. The van der Waals surface area contributed by atoms with E-state index >= 15 is 0 Å². The fourth-order valence-electron chi connectivity index (χ4n) is 3.23. The van der Waals surface area contributed by atoms with Crippen LogP contribution in [-0.2, 0) is 4.79 Å². The molecule has 0 amide bonds. The molecule has 2 rings (SSSR count). The van der Waals surface area contributed by atoms with Crippen LogP contribution in [0.15, 0.2) is 22.7 Å². The second kappa shape index (κ2) is 6.22. The quantitative estimate of drug-likeness (QED) is 0.848. The SMILES string of the molecule is NC(CC1(CC(=O)O)CCCC1)c1ccc(F)c(Br)c1. The highest BCUT2D eigenvalue weighted by Crippen LogP contribution is 2.46. The summed E-state index contributed by atoms with van der Waals surface area (Å²) in [7, 11) is 0. The smallest absolute Gasteiger partial charge is 0.303 e. The summed E-state index contributed by atoms with van der Waals surface area (Å²) in [6.45, 7) is 0. The molecule has 0 aromatic heterocycles. The normalized spacial score (nSPS) is 18.9. The van der Waals surface area contributed by atoms with Crippen LogP contribution in [0.4, 0.5) is 4.39 Å². The molecule has 1 aromatic carbocycles. The molecule has 110 valence electrons. The first-order valence-corrected chi connectivity index (χ1v) is 7.63. The lowest BCUT2D eigenvalue weighted by Gasteiger charge is -2.30. The number of hydrogen-bond donors (Lipinski definition) is 2. The summed E-state index contributed by atoms with van der Waals surface area (Å²) < 4.78 is 13.6. The molecule has 0 aliphatic heterocycles. The van der Waals surface area contributed by atoms with Gasteiger partial charge in [-0.05, 0) is 58.3 Å². The lowest BCUT2D eigenvalue weighted by atomic mass is 9.76. The van der Waals surface area contributed by atoms with Gasteiger partial charge in [0.05, 0.1) is 10.9 Å². The van der Waals surface area contributed by atoms with Gasteiger partial charge in [0, 0.05) is 6.04 Å². The molecule has 0 saturated heterocycles. The molecule has 1 saturated carbocycles. The minimum Gasteiger partial charge on any atom is -0.481 e. The predicted octanol–water partition coefficient (Wildman–Crippen LogP) is 4.01. The molecule has 1 aromatic rings. The third-order valence-corrected chi connectivity index (χ3v) is 4.82. The molecule has 1 aliphatic carbocycles. The van der Waals surface area contributed by atoms with Gasteiger partial charge >= 0.3 is 5.97 Å². The molecular weight excluding hydrogens is 325 g/mol. The Morgan fingerprint density at radius 3 is 2.65 bits per heavy atom. The largest absolute Gasteiger partial charge is 0.481 e. The second-order valence-electron chi connectivity index (χ2n) is 5.76. The minimum absolute atomic E-state index is 0.170. The standard InChI is InChI=1S/C15H19BrFNO2/c16-11-7-10(3-4-12(11)17)13(18)8-15(9-14(19)20)5-1-2-6-15/h3-4,7,13H,1-2,5-6,8-9,18H2,(H,19,20). The van der Waals surface area contributed by atoms with Crippen LogP contribution >= 0.6 is 15.9 Å². The Kier molecular flexibility index (Phi) is 4.81. The molecule has 1 unspecified atom stereocenters. The van der Waals surface area contributed by atoms with Crippen molar-refractivity contribution < 1.29 is 14.3 Å². The summed E-state index contributed by atoms with van der Waals surface area (Å²) in [5.41, 5.74) is 6.86. The van der Waals surface area contributed by atoms with E-state index in [1.165, 1.54) is 6.07 Å². The Balaban J connectivity index is 2.13. The van der Waals surface area contributed by atoms with Crippen molar-refractivity contribution in [3.05, 3.63) is 34.1 Å². The van der Waals surface area contributed by atoms with E-state index in [1.54, 1.807) is 12.1 Å². The summed E-state index contributed by atoms with van der Waals surface area (Å²) >= 11 is 3.16. The van der Waals surface area contributed by atoms with Crippen molar-refractivity contribution in [3.63, 3.8) is 0 Å². The van der Waals surface area contributed by atoms with E-state index in [0.29, 0.717) is 10.9 Å². The van der Waals surface area contributed by atoms with Crippen LogP contribution in [0.2, 0.25) is 0 Å². The van der Waals surface area contributed by atoms with Gasteiger partial charge in [-0.3, -0.25) is 4.79 Å². The average molecular weight is 344 g/mol. The predicted molar refractivity (Wildman–Crippen MR) is 78.8 cm³/mol. The van der Waals surface area contributed by atoms with E-state index in [0.717, 1.165) is 31.2 Å². The van der Waals surface area contributed by atoms with Gasteiger partial charge in [-0.15, -0.1) is 0 Å². The molecule has 0 heterocycles. The van der Waals surface area contributed by atoms with Crippen molar-refractivity contribution in [2.75, 3.05) is 0 Å². The van der Waals surface area contributed by atoms with Crippen LogP contribution in [-0.4, -0.2) is 11.1 Å². The fraction of sp³-hybridized carbons (Fsp3) is 0.533. The number of rotatable bonds is 5. The molecule has 3 nitrogen and oxygen atoms in total. The number of carboxylic acid groups (broad SMARTS) is 1. The van der Waals surface area contributed by atoms with E-state index in [4.69, 9.17) is 10.8 Å². The first kappa shape index (κ1) is 15.4. The third kappa shape index (κ3) is 3.58. The number of carbonyl (C=O) groups is 1. The van der Waals surface area contributed by atoms with Crippen molar-refractivity contribution in [2.45, 2.75) is 44.6 Å². The van der Waals surface area contributed by atoms with Gasteiger partial charge in [0.15, 0.2) is 0 Å². The summed E-state index contributed by atoms with van der Waals surface area (Å²) in [5.74, 6) is -1.08. The van der Waals surface area contributed by atoms with Crippen LogP contribution < -0.4 is 5.73 Å². The summed E-state index contributed by atoms with van der Waals surface area (Å²) in [6, 6.07) is 4.49. The lowest BCUT2D eigenvalue weighted by molar-refractivity contribution is -0.139. The van der Waals surface area contributed by atoms with Gasteiger partial charge in [-0.2, -0.15) is 0 Å². The van der Waals surface area contributed by atoms with Crippen molar-refractivity contribution >= 4 is 21.9 Å². The highest BCUT2D eigenvalue weighted by molar-refractivity contribution is 9.10. The molecule has 5 heteroatoms. The monoisotopic (exact) mass is 343 g/mol. The summed E-state index contributed by atoms with van der Waals surface area (Å²) in [5, 5.41) is 9.11. The first-order chi connectivity index (χ1) is 9.42. The Morgan fingerprint density at radius 2 is 2.10 bits per heavy atom. The van der Waals surface area contributed by atoms with Crippen molar-refractivity contribution in [1.29, 1.82) is 0 Å². The zero-order valence-electron chi connectivity index (χ0n) is 11.2. The molecular formula is C15H19BrFNO2. The van der Waals surface area contributed by atoms with Crippen LogP contribution in [0.3, 0.4) is 0 Å². The molecule has 1 aliphatic rings. The van der Waals surface area contributed by atoms with Crippen molar-refractivity contribution in [3.8, 4) is 0 Å². The lowest BCUT2D eigenvalue weighted by Crippen LogP contribution is -2.27. The fourth-order valence-corrected chi connectivity index (χ4v) is 3.62. The van der Waals surface area contributed by atoms with Gasteiger partial charge < -0.3 is 10.8 Å². The van der Waals surface area contributed by atoms with Crippen LogP contribution in [0.5, 0.6) is 0 Å². The van der Waals surface area contributed by atoms with Crippen LogP contribution in [0, 0.1) is 11.2 Å². The zero-order chi connectivity index (χ0) is 14.8. The maximum Gasteiger partial charge on any atom is 0.303 e. The van der Waals surface area contributed by atoms with E-state index in [-0.39, 0.29) is 23.7 Å². The highest BCUT2D eigenvalue weighted by atomic mass is 79.9. The molecule has 1 fully saturated rings. The maximum absolute atomic E-state index is 13.2. The molecule has 3 N–H and O–H groups in total. The molecule has 20 heavy (non-hydrogen) atoms. The van der Waals surface area contributed by atoms with Gasteiger partial charge in [0.2, 0.25) is 0 Å². The summed E-state index contributed by atoms with van der Waals surface area (Å²) in [4.78, 5) is 11.1. The summed E-state index contributed by atoms with van der Waals surface area (Å²) in [6.07, 6.45) is 4.76. The van der Waals surface area contributed by atoms with Crippen LogP contribution in [0.25, 0.3) is 0 Å². The first-order valence-electron chi connectivity index (χ1n) is 6.84. The molecule has 0 radical (unpaired) electrons. The Bertz CT molecular complexity index is 501. The van der Waals surface area contributed by atoms with Gasteiger partial charge in [-0.1, -0.05) is 18.9 Å². The van der Waals surface area contributed by atoms with E-state index in [2.05, 4.69) is 15.9 Å². The number of halogens is 2. The Labute approximate surface area is 126 Å². The minimum atomic E-state index is -0.764. The number of carboxylic acids is 1. The van der Waals surface area contributed by atoms with Crippen molar-refractivity contribution in [2.24, 2.45) is 11.1 Å². The second-order valence-corrected chi connectivity index (χ2v) is 6.62. The number of aliphatic carboxylic acids is 1. The van der Waals surface area contributed by atoms with E-state index < -0.39 is 5.97 Å². The van der Waals surface area contributed by atoms with Gasteiger partial charge in [0.25, 0.3) is 0 Å². The van der Waals surface area contributed by atoms with Gasteiger partial charge in [-0.25, -0.2) is 4.39 Å². The molecule has 0 spiro atoms. The zero-order valence-corrected chi connectivity index (χ0v) is 12.8. The molecule has 0 bridgehead atoms. The Morgan fingerprint density at radius 1 is 1.45 bits per heavy atom. The van der Waals surface area contributed by atoms with E-state index in [9.17, 15) is 9.18 Å². The average Bonchev–Trinajstić information content (AvgIpc) is 2.79. The maximum atomic E-state index is 13.2. The Hall–Kier alpha value is -0.940. The van der Waals surface area contributed by atoms with Crippen molar-refractivity contribution in [1.82, 2.24) is 0 Å². The third-order valence-electron chi connectivity index (χ3n) is 4.22. The number of benzene rings is 1. The number of nitrogens with two attached hydrogens (primary N) is 1. The number of hydrogen-bond acceptors (Lipinski definition) is 2. The van der Waals surface area contributed by atoms with E-state index in [1.807, 2.05) is 0 Å². The van der Waals surface area contributed by atoms with Gasteiger partial charge in [0.1, 0.15) is 5.82 Å². The highest BCUT2D eigenvalue weighted by Gasteiger charge is 2.37. The topological polar surface area (TPSA) is 63.3 Å².